The van der Waals surface area contributed by atoms with Crippen molar-refractivity contribution in [1.82, 2.24) is 0 Å². The molecule has 0 bridgehead atoms. The van der Waals surface area contributed by atoms with Gasteiger partial charge >= 0.3 is 0 Å². The summed E-state index contributed by atoms with van der Waals surface area (Å²) < 4.78 is 5.63. The molecule has 2 aliphatic rings. The molecule has 1 heterocycles. The first-order chi connectivity index (χ1) is 8.26. The van der Waals surface area contributed by atoms with Crippen molar-refractivity contribution >= 4 is 16.6 Å². The van der Waals surface area contributed by atoms with Crippen molar-refractivity contribution in [3.63, 3.8) is 0 Å². The molecule has 1 aliphatic carbocycles. The van der Waals surface area contributed by atoms with E-state index >= 15 is 0 Å². The van der Waals surface area contributed by atoms with Gasteiger partial charge in [-0.3, -0.25) is 4.79 Å². The third-order valence-corrected chi connectivity index (χ3v) is 4.05. The molecule has 1 aliphatic heterocycles. The summed E-state index contributed by atoms with van der Waals surface area (Å²) in [7, 11) is 0. The lowest BCUT2D eigenvalue weighted by atomic mass is 10.0. The Bertz CT molecular complexity index is 659. The summed E-state index contributed by atoms with van der Waals surface area (Å²) in [6.07, 6.45) is 0.779. The van der Waals surface area contributed by atoms with E-state index in [2.05, 4.69) is 12.1 Å². The molecule has 0 spiro atoms. The summed E-state index contributed by atoms with van der Waals surface area (Å²) in [6.45, 7) is 2.02. The van der Waals surface area contributed by atoms with E-state index in [9.17, 15) is 4.79 Å². The maximum Gasteiger partial charge on any atom is 0.198 e. The molecule has 2 nitrogen and oxygen atoms in total. The highest BCUT2D eigenvalue weighted by molar-refractivity contribution is 6.12. The Morgan fingerprint density at radius 2 is 1.94 bits per heavy atom. The normalized spacial score (nSPS) is 29.2. The number of Topliss-reactive ketones (excluding diaryl/α,β-unsaturated/α-hetero) is 1. The predicted octanol–water partition coefficient (Wildman–Crippen LogP) is 3.26. The van der Waals surface area contributed by atoms with Crippen molar-refractivity contribution in [2.24, 2.45) is 0 Å². The van der Waals surface area contributed by atoms with Crippen LogP contribution in [0.25, 0.3) is 10.8 Å². The quantitative estimate of drug-likeness (QED) is 0.696. The molecule has 2 aromatic carbocycles. The summed E-state index contributed by atoms with van der Waals surface area (Å²) in [5.74, 6) is 0.172. The second kappa shape index (κ2) is 2.77. The molecule has 2 heteroatoms. The Labute approximate surface area is 99.2 Å². The lowest BCUT2D eigenvalue weighted by molar-refractivity contribution is 0.0867. The van der Waals surface area contributed by atoms with Gasteiger partial charge in [-0.05, 0) is 34.9 Å². The zero-order valence-corrected chi connectivity index (χ0v) is 9.57. The Balaban J connectivity index is 2.01. The van der Waals surface area contributed by atoms with Gasteiger partial charge in [0.1, 0.15) is 6.10 Å². The summed E-state index contributed by atoms with van der Waals surface area (Å²) in [5.41, 5.74) is 1.43. The number of carbonyl (C=O) groups excluding carboxylic acids is 1. The third kappa shape index (κ3) is 0.973. The fourth-order valence-corrected chi connectivity index (χ4v) is 2.99. The van der Waals surface area contributed by atoms with Gasteiger partial charge in [0.15, 0.2) is 11.4 Å². The summed E-state index contributed by atoms with van der Waals surface area (Å²) in [5, 5.41) is 2.31. The minimum atomic E-state index is -0.514. The highest BCUT2D eigenvalue weighted by Crippen LogP contribution is 2.60. The number of ether oxygens (including phenoxy) is 1. The molecule has 84 valence electrons. The van der Waals surface area contributed by atoms with E-state index in [0.29, 0.717) is 0 Å². The van der Waals surface area contributed by atoms with E-state index < -0.39 is 5.60 Å². The summed E-state index contributed by atoms with van der Waals surface area (Å²) >= 11 is 0. The molecule has 2 unspecified atom stereocenters. The van der Waals surface area contributed by atoms with Gasteiger partial charge in [-0.1, -0.05) is 31.2 Å². The molecule has 0 N–H and O–H groups in total. The minimum Gasteiger partial charge on any atom is -0.352 e. The van der Waals surface area contributed by atoms with Crippen molar-refractivity contribution in [3.05, 3.63) is 47.5 Å². The van der Waals surface area contributed by atoms with Crippen LogP contribution in [0.15, 0.2) is 36.4 Å². The highest BCUT2D eigenvalue weighted by atomic mass is 16.6. The number of ketones is 1. The molecule has 0 amide bonds. The van der Waals surface area contributed by atoms with Gasteiger partial charge < -0.3 is 4.74 Å². The minimum absolute atomic E-state index is 0.0135. The van der Waals surface area contributed by atoms with Gasteiger partial charge in [0.2, 0.25) is 0 Å². The average Bonchev–Trinajstić information content (AvgIpc) is 3.07. The number of hydrogen-bond acceptors (Lipinski definition) is 2. The van der Waals surface area contributed by atoms with Crippen LogP contribution in [-0.4, -0.2) is 11.4 Å². The van der Waals surface area contributed by atoms with Crippen LogP contribution in [0.1, 0.15) is 35.4 Å². The van der Waals surface area contributed by atoms with Crippen molar-refractivity contribution < 1.29 is 9.53 Å². The molecular weight excluding hydrogens is 212 g/mol. The monoisotopic (exact) mass is 224 g/mol. The number of hydrogen-bond donors (Lipinski definition) is 0. The zero-order chi connectivity index (χ0) is 11.6. The Kier molecular flexibility index (Phi) is 1.53. The van der Waals surface area contributed by atoms with Gasteiger partial charge in [0.05, 0.1) is 0 Å². The molecule has 1 saturated heterocycles. The van der Waals surface area contributed by atoms with Crippen LogP contribution in [0.4, 0.5) is 0 Å². The second-order valence-electron chi connectivity index (χ2n) is 4.86. The van der Waals surface area contributed by atoms with E-state index in [0.717, 1.165) is 22.9 Å². The van der Waals surface area contributed by atoms with Gasteiger partial charge in [0.25, 0.3) is 0 Å². The second-order valence-corrected chi connectivity index (χ2v) is 4.86. The standard InChI is InChI=1S/C15H12O2/c1-2-15-13(16)11-7-9-5-3-4-6-10(9)8-12(11)14(15)17-15/h3-8,14H,2H2,1H3. The van der Waals surface area contributed by atoms with E-state index in [1.165, 1.54) is 5.39 Å². The Morgan fingerprint density at radius 1 is 1.24 bits per heavy atom. The summed E-state index contributed by atoms with van der Waals surface area (Å²) in [6, 6.07) is 12.3. The fraction of sp³-hybridized carbons (Fsp3) is 0.267. The lowest BCUT2D eigenvalue weighted by Crippen LogP contribution is -2.19. The van der Waals surface area contributed by atoms with E-state index in [1.54, 1.807) is 0 Å². The molecule has 0 aromatic heterocycles. The molecule has 4 rings (SSSR count). The Morgan fingerprint density at radius 3 is 2.65 bits per heavy atom. The third-order valence-electron chi connectivity index (χ3n) is 4.05. The molecule has 0 radical (unpaired) electrons. The first-order valence-electron chi connectivity index (χ1n) is 6.01. The topological polar surface area (TPSA) is 29.6 Å². The number of epoxide rings is 1. The first-order valence-corrected chi connectivity index (χ1v) is 6.01. The molecule has 2 atom stereocenters. The van der Waals surface area contributed by atoms with Crippen LogP contribution in [0.2, 0.25) is 0 Å². The van der Waals surface area contributed by atoms with Gasteiger partial charge in [-0.15, -0.1) is 0 Å². The highest BCUT2D eigenvalue weighted by Gasteiger charge is 2.67. The molecule has 0 saturated carbocycles. The van der Waals surface area contributed by atoms with Crippen LogP contribution in [-0.2, 0) is 4.74 Å². The molecule has 17 heavy (non-hydrogen) atoms. The zero-order valence-electron chi connectivity index (χ0n) is 9.57. The number of benzene rings is 2. The van der Waals surface area contributed by atoms with Crippen LogP contribution in [0.5, 0.6) is 0 Å². The number of carbonyl (C=O) groups is 1. The van der Waals surface area contributed by atoms with E-state index in [1.807, 2.05) is 31.2 Å². The van der Waals surface area contributed by atoms with Crippen LogP contribution in [0.3, 0.4) is 0 Å². The van der Waals surface area contributed by atoms with Crippen molar-refractivity contribution in [1.29, 1.82) is 0 Å². The number of fused-ring (bicyclic) bond motifs is 4. The fourth-order valence-electron chi connectivity index (χ4n) is 2.99. The van der Waals surface area contributed by atoms with Crippen LogP contribution >= 0.6 is 0 Å². The van der Waals surface area contributed by atoms with Crippen molar-refractivity contribution in [2.45, 2.75) is 25.0 Å². The van der Waals surface area contributed by atoms with Crippen molar-refractivity contribution in [3.8, 4) is 0 Å². The maximum atomic E-state index is 12.3. The van der Waals surface area contributed by atoms with Gasteiger partial charge in [-0.2, -0.15) is 0 Å². The van der Waals surface area contributed by atoms with E-state index in [4.69, 9.17) is 4.74 Å². The van der Waals surface area contributed by atoms with Gasteiger partial charge in [0, 0.05) is 5.56 Å². The molecular formula is C15H12O2. The first kappa shape index (κ1) is 9.37. The van der Waals surface area contributed by atoms with Crippen LogP contribution in [0, 0.1) is 0 Å². The maximum absolute atomic E-state index is 12.3. The van der Waals surface area contributed by atoms with Crippen LogP contribution < -0.4 is 0 Å². The average molecular weight is 224 g/mol. The number of rotatable bonds is 1. The smallest absolute Gasteiger partial charge is 0.198 e. The molecule has 2 aromatic rings. The lowest BCUT2D eigenvalue weighted by Gasteiger charge is -2.06. The van der Waals surface area contributed by atoms with E-state index in [-0.39, 0.29) is 11.9 Å². The summed E-state index contributed by atoms with van der Waals surface area (Å²) in [4.78, 5) is 12.3. The van der Waals surface area contributed by atoms with Crippen molar-refractivity contribution in [2.75, 3.05) is 0 Å². The predicted molar refractivity (Wildman–Crippen MR) is 65.1 cm³/mol. The largest absolute Gasteiger partial charge is 0.352 e. The SMILES string of the molecule is CCC12OC1c1cc3ccccc3cc1C2=O. The molecule has 1 fully saturated rings. The Hall–Kier alpha value is -1.67. The van der Waals surface area contributed by atoms with Gasteiger partial charge in [-0.25, -0.2) is 0 Å².